The number of methoxy groups -OCH3 is 2. The van der Waals surface area contributed by atoms with Gasteiger partial charge in [0, 0.05) is 18.7 Å². The van der Waals surface area contributed by atoms with Gasteiger partial charge in [-0.1, -0.05) is 6.42 Å². The standard InChI is InChI=1S/C23H28F3N3O4/c1-22(2,21(31)33-4)12-5-6-13-28-14-11-17-18(20(28)30)29(27-19(17)23(24,25)26)15-7-9-16(32-3)10-8-15/h7-10H,5-6,11-14H2,1-4H3. The Morgan fingerprint density at radius 3 is 2.36 bits per heavy atom. The monoisotopic (exact) mass is 467 g/mol. The minimum Gasteiger partial charge on any atom is -0.497 e. The zero-order chi connectivity index (χ0) is 24.4. The van der Waals surface area contributed by atoms with Gasteiger partial charge in [-0.25, -0.2) is 4.68 Å². The zero-order valence-electron chi connectivity index (χ0n) is 19.2. The number of fused-ring (bicyclic) bond motifs is 1. The fourth-order valence-electron chi connectivity index (χ4n) is 4.00. The molecule has 7 nitrogen and oxygen atoms in total. The Kier molecular flexibility index (Phi) is 7.04. The summed E-state index contributed by atoms with van der Waals surface area (Å²) < 4.78 is 51.9. The van der Waals surface area contributed by atoms with Crippen LogP contribution < -0.4 is 4.74 Å². The van der Waals surface area contributed by atoms with Gasteiger partial charge in [0.25, 0.3) is 5.91 Å². The van der Waals surface area contributed by atoms with Gasteiger partial charge in [0.2, 0.25) is 0 Å². The van der Waals surface area contributed by atoms with Gasteiger partial charge < -0.3 is 14.4 Å². The molecule has 2 heterocycles. The second kappa shape index (κ2) is 9.44. The summed E-state index contributed by atoms with van der Waals surface area (Å²) in [5, 5.41) is 3.78. The first-order valence-electron chi connectivity index (χ1n) is 10.7. The highest BCUT2D eigenvalue weighted by Gasteiger charge is 2.43. The SMILES string of the molecule is COC(=O)C(C)(C)CCCCN1CCc2c(C(F)(F)F)nn(-c3ccc(OC)cc3)c2C1=O. The Morgan fingerprint density at radius 2 is 1.79 bits per heavy atom. The van der Waals surface area contributed by atoms with Crippen molar-refractivity contribution in [3.63, 3.8) is 0 Å². The highest BCUT2D eigenvalue weighted by Crippen LogP contribution is 2.36. The molecule has 1 aromatic carbocycles. The Hall–Kier alpha value is -3.04. The lowest BCUT2D eigenvalue weighted by atomic mass is 9.87. The fraction of sp³-hybridized carbons (Fsp3) is 0.522. The third kappa shape index (κ3) is 5.15. The lowest BCUT2D eigenvalue weighted by Crippen LogP contribution is -2.39. The Balaban J connectivity index is 1.81. The van der Waals surface area contributed by atoms with Gasteiger partial charge in [-0.05, 0) is 57.4 Å². The first kappa shape index (κ1) is 24.6. The lowest BCUT2D eigenvalue weighted by Gasteiger charge is -2.28. The minimum atomic E-state index is -4.66. The number of rotatable bonds is 8. The molecule has 0 N–H and O–H groups in total. The molecule has 0 atom stereocenters. The van der Waals surface area contributed by atoms with Crippen molar-refractivity contribution >= 4 is 11.9 Å². The van der Waals surface area contributed by atoms with E-state index in [4.69, 9.17) is 9.47 Å². The van der Waals surface area contributed by atoms with E-state index in [-0.39, 0.29) is 30.2 Å². The maximum atomic E-state index is 13.6. The van der Waals surface area contributed by atoms with Crippen molar-refractivity contribution < 1.29 is 32.2 Å². The van der Waals surface area contributed by atoms with Gasteiger partial charge in [0.15, 0.2) is 5.69 Å². The Labute approximate surface area is 190 Å². The lowest BCUT2D eigenvalue weighted by molar-refractivity contribution is -0.151. The van der Waals surface area contributed by atoms with E-state index in [9.17, 15) is 22.8 Å². The Morgan fingerprint density at radius 1 is 1.12 bits per heavy atom. The summed E-state index contributed by atoms with van der Waals surface area (Å²) in [6.07, 6.45) is -2.73. The van der Waals surface area contributed by atoms with Crippen LogP contribution in [0.2, 0.25) is 0 Å². The molecule has 0 fully saturated rings. The van der Waals surface area contributed by atoms with Crippen molar-refractivity contribution in [2.24, 2.45) is 5.41 Å². The largest absolute Gasteiger partial charge is 0.497 e. The number of aromatic nitrogens is 2. The molecule has 1 aliphatic rings. The molecule has 0 saturated heterocycles. The van der Waals surface area contributed by atoms with Crippen molar-refractivity contribution in [2.75, 3.05) is 27.3 Å². The van der Waals surface area contributed by atoms with Crippen LogP contribution in [0.25, 0.3) is 5.69 Å². The normalized spacial score (nSPS) is 14.3. The number of alkyl halides is 3. The molecule has 33 heavy (non-hydrogen) atoms. The van der Waals surface area contributed by atoms with Gasteiger partial charge in [-0.2, -0.15) is 18.3 Å². The van der Waals surface area contributed by atoms with E-state index < -0.39 is 23.2 Å². The van der Waals surface area contributed by atoms with Gasteiger partial charge in [0.05, 0.1) is 25.3 Å². The average molecular weight is 467 g/mol. The van der Waals surface area contributed by atoms with Gasteiger partial charge in [-0.3, -0.25) is 9.59 Å². The zero-order valence-corrected chi connectivity index (χ0v) is 19.2. The van der Waals surface area contributed by atoms with Crippen molar-refractivity contribution in [3.8, 4) is 11.4 Å². The van der Waals surface area contributed by atoms with Crippen LogP contribution >= 0.6 is 0 Å². The number of amides is 1. The van der Waals surface area contributed by atoms with Crippen LogP contribution in [0.3, 0.4) is 0 Å². The topological polar surface area (TPSA) is 73.7 Å². The molecule has 2 aromatic rings. The number of esters is 1. The molecular formula is C23H28F3N3O4. The molecule has 1 aromatic heterocycles. The van der Waals surface area contributed by atoms with Gasteiger partial charge in [0.1, 0.15) is 11.4 Å². The average Bonchev–Trinajstić information content (AvgIpc) is 3.18. The molecule has 0 radical (unpaired) electrons. The molecule has 1 aliphatic heterocycles. The van der Waals surface area contributed by atoms with Crippen molar-refractivity contribution in [3.05, 3.63) is 41.2 Å². The molecule has 1 amide bonds. The number of nitrogens with zero attached hydrogens (tertiary/aromatic N) is 3. The van der Waals surface area contributed by atoms with Gasteiger partial charge >= 0.3 is 12.1 Å². The number of carbonyl (C=O) groups excluding carboxylic acids is 2. The summed E-state index contributed by atoms with van der Waals surface area (Å²) in [5.74, 6) is -0.245. The molecule has 0 saturated carbocycles. The highest BCUT2D eigenvalue weighted by atomic mass is 19.4. The molecule has 180 valence electrons. The third-order valence-electron chi connectivity index (χ3n) is 5.91. The van der Waals surface area contributed by atoms with E-state index >= 15 is 0 Å². The number of halogens is 3. The van der Waals surface area contributed by atoms with Crippen molar-refractivity contribution in [1.82, 2.24) is 14.7 Å². The quantitative estimate of drug-likeness (QED) is 0.428. The number of hydrogen-bond acceptors (Lipinski definition) is 5. The number of benzene rings is 1. The maximum Gasteiger partial charge on any atom is 0.435 e. The first-order chi connectivity index (χ1) is 15.5. The summed E-state index contributed by atoms with van der Waals surface area (Å²) >= 11 is 0. The molecule has 0 bridgehead atoms. The molecule has 0 unspecified atom stereocenters. The summed E-state index contributed by atoms with van der Waals surface area (Å²) in [5.41, 5.74) is -1.46. The molecule has 0 spiro atoms. The molecule has 0 aliphatic carbocycles. The molecular weight excluding hydrogens is 439 g/mol. The summed E-state index contributed by atoms with van der Waals surface area (Å²) in [4.78, 5) is 26.6. The van der Waals surface area contributed by atoms with Crippen molar-refractivity contribution in [1.29, 1.82) is 0 Å². The van der Waals surface area contributed by atoms with Crippen molar-refractivity contribution in [2.45, 2.75) is 45.7 Å². The fourth-order valence-corrected chi connectivity index (χ4v) is 4.00. The highest BCUT2D eigenvalue weighted by molar-refractivity contribution is 5.96. The number of carbonyl (C=O) groups is 2. The number of ether oxygens (including phenoxy) is 2. The van der Waals surface area contributed by atoms with Crippen LogP contribution in [0.4, 0.5) is 13.2 Å². The van der Waals surface area contributed by atoms with Crippen LogP contribution in [-0.4, -0.2) is 53.9 Å². The minimum absolute atomic E-state index is 0.0615. The predicted molar refractivity (Wildman–Crippen MR) is 114 cm³/mol. The van der Waals surface area contributed by atoms with Crippen LogP contribution in [0.5, 0.6) is 5.75 Å². The van der Waals surface area contributed by atoms with Crippen LogP contribution in [-0.2, 0) is 22.1 Å². The smallest absolute Gasteiger partial charge is 0.435 e. The predicted octanol–water partition coefficient (Wildman–Crippen LogP) is 4.27. The maximum absolute atomic E-state index is 13.6. The van der Waals surface area contributed by atoms with Crippen LogP contribution in [0.1, 0.15) is 54.9 Å². The molecule has 10 heteroatoms. The van der Waals surface area contributed by atoms with Gasteiger partial charge in [-0.15, -0.1) is 0 Å². The first-order valence-corrected chi connectivity index (χ1v) is 10.7. The van der Waals surface area contributed by atoms with E-state index in [1.54, 1.807) is 43.0 Å². The van der Waals surface area contributed by atoms with E-state index in [2.05, 4.69) is 5.10 Å². The Bertz CT molecular complexity index is 1010. The van der Waals surface area contributed by atoms with E-state index in [0.717, 1.165) is 4.68 Å². The molecule has 3 rings (SSSR count). The second-order valence-electron chi connectivity index (χ2n) is 8.66. The number of unbranched alkanes of at least 4 members (excludes halogenated alkanes) is 1. The number of hydrogen-bond donors (Lipinski definition) is 0. The summed E-state index contributed by atoms with van der Waals surface area (Å²) in [6.45, 7) is 4.15. The van der Waals surface area contributed by atoms with E-state index in [1.165, 1.54) is 14.2 Å². The van der Waals surface area contributed by atoms with E-state index in [1.807, 2.05) is 0 Å². The second-order valence-corrected chi connectivity index (χ2v) is 8.66. The third-order valence-corrected chi connectivity index (χ3v) is 5.91. The van der Waals surface area contributed by atoms with Crippen LogP contribution in [0, 0.1) is 5.41 Å². The summed E-state index contributed by atoms with van der Waals surface area (Å²) in [7, 11) is 2.83. The summed E-state index contributed by atoms with van der Waals surface area (Å²) in [6, 6.07) is 6.33. The van der Waals surface area contributed by atoms with E-state index in [0.29, 0.717) is 37.2 Å². The van der Waals surface area contributed by atoms with Crippen LogP contribution in [0.15, 0.2) is 24.3 Å².